The molecule has 1 N–H and O–H groups in total. The van der Waals surface area contributed by atoms with Crippen molar-refractivity contribution in [2.24, 2.45) is 0 Å². The number of piperazine rings is 1. The number of aromatic amines is 1. The molecule has 1 aliphatic heterocycles. The molecule has 1 aliphatic rings. The van der Waals surface area contributed by atoms with Gasteiger partial charge in [0.15, 0.2) is 0 Å². The van der Waals surface area contributed by atoms with Crippen molar-refractivity contribution >= 4 is 17.9 Å². The maximum atomic E-state index is 13.1. The molecule has 0 bridgehead atoms. The quantitative estimate of drug-likeness (QED) is 0.849. The third-order valence-corrected chi connectivity index (χ3v) is 4.18. The fourth-order valence-electron chi connectivity index (χ4n) is 2.74. The van der Waals surface area contributed by atoms with Crippen LogP contribution in [0, 0.1) is 5.82 Å². The van der Waals surface area contributed by atoms with E-state index in [4.69, 9.17) is 0 Å². The molecule has 6 nitrogen and oxygen atoms in total. The summed E-state index contributed by atoms with van der Waals surface area (Å²) < 4.78 is 13.1. The third kappa shape index (κ3) is 4.24. The highest BCUT2D eigenvalue weighted by Gasteiger charge is 2.23. The summed E-state index contributed by atoms with van der Waals surface area (Å²) in [5.74, 6) is -0.706. The SMILES string of the molecule is O=C(/C=C/c1cccc(F)c1)N1CCN(C(=O)c2ccc(=O)[nH]c2)CC1. The Morgan fingerprint density at radius 2 is 1.77 bits per heavy atom. The molecule has 1 aromatic carbocycles. The highest BCUT2D eigenvalue weighted by Crippen LogP contribution is 2.09. The van der Waals surface area contributed by atoms with Crippen LogP contribution >= 0.6 is 0 Å². The van der Waals surface area contributed by atoms with Crippen LogP contribution in [0.1, 0.15) is 15.9 Å². The van der Waals surface area contributed by atoms with E-state index >= 15 is 0 Å². The summed E-state index contributed by atoms with van der Waals surface area (Å²) in [6, 6.07) is 8.79. The number of pyridine rings is 1. The highest BCUT2D eigenvalue weighted by atomic mass is 19.1. The molecule has 1 saturated heterocycles. The number of amides is 2. The molecule has 2 aromatic rings. The van der Waals surface area contributed by atoms with Crippen LogP contribution in [0.4, 0.5) is 4.39 Å². The Morgan fingerprint density at radius 3 is 2.42 bits per heavy atom. The van der Waals surface area contributed by atoms with Gasteiger partial charge in [0.1, 0.15) is 5.82 Å². The lowest BCUT2D eigenvalue weighted by Crippen LogP contribution is -2.50. The number of nitrogens with zero attached hydrogens (tertiary/aromatic N) is 2. The lowest BCUT2D eigenvalue weighted by Gasteiger charge is -2.34. The molecule has 2 amide bonds. The predicted molar refractivity (Wildman–Crippen MR) is 95.0 cm³/mol. The van der Waals surface area contributed by atoms with Crippen LogP contribution in [0.5, 0.6) is 0 Å². The van der Waals surface area contributed by atoms with Gasteiger partial charge in [-0.05, 0) is 29.8 Å². The minimum atomic E-state index is -0.353. The number of benzene rings is 1. The summed E-state index contributed by atoms with van der Waals surface area (Å²) in [5, 5.41) is 0. The van der Waals surface area contributed by atoms with Gasteiger partial charge in [-0.15, -0.1) is 0 Å². The maximum Gasteiger partial charge on any atom is 0.255 e. The Labute approximate surface area is 149 Å². The van der Waals surface area contributed by atoms with E-state index in [2.05, 4.69) is 4.98 Å². The zero-order chi connectivity index (χ0) is 18.5. The van der Waals surface area contributed by atoms with Gasteiger partial charge in [0.2, 0.25) is 11.5 Å². The first kappa shape index (κ1) is 17.6. The number of carbonyl (C=O) groups is 2. The molecular formula is C19H18FN3O3. The lowest BCUT2D eigenvalue weighted by atomic mass is 10.2. The molecular weight excluding hydrogens is 337 g/mol. The van der Waals surface area contributed by atoms with Gasteiger partial charge in [-0.25, -0.2) is 4.39 Å². The number of hydrogen-bond donors (Lipinski definition) is 1. The molecule has 2 heterocycles. The monoisotopic (exact) mass is 355 g/mol. The molecule has 3 rings (SSSR count). The van der Waals surface area contributed by atoms with Crippen LogP contribution in [0.15, 0.2) is 53.5 Å². The molecule has 0 radical (unpaired) electrons. The number of halogens is 1. The normalized spacial score (nSPS) is 14.7. The van der Waals surface area contributed by atoms with Crippen molar-refractivity contribution in [2.45, 2.75) is 0 Å². The number of H-pyrrole nitrogens is 1. The first-order chi connectivity index (χ1) is 12.5. The van der Waals surface area contributed by atoms with Crippen molar-refractivity contribution < 1.29 is 14.0 Å². The van der Waals surface area contributed by atoms with E-state index in [9.17, 15) is 18.8 Å². The van der Waals surface area contributed by atoms with Gasteiger partial charge in [-0.3, -0.25) is 14.4 Å². The van der Waals surface area contributed by atoms with Crippen LogP contribution in [0.3, 0.4) is 0 Å². The van der Waals surface area contributed by atoms with E-state index in [-0.39, 0.29) is 23.2 Å². The second-order valence-corrected chi connectivity index (χ2v) is 5.95. The predicted octanol–water partition coefficient (Wildman–Crippen LogP) is 1.51. The van der Waals surface area contributed by atoms with Crippen molar-refractivity contribution in [3.05, 3.63) is 76.0 Å². The van der Waals surface area contributed by atoms with Crippen molar-refractivity contribution in [1.29, 1.82) is 0 Å². The van der Waals surface area contributed by atoms with Crippen molar-refractivity contribution in [3.63, 3.8) is 0 Å². The maximum absolute atomic E-state index is 13.1. The molecule has 7 heteroatoms. The summed E-state index contributed by atoms with van der Waals surface area (Å²) in [6.45, 7) is 1.66. The first-order valence-electron chi connectivity index (χ1n) is 8.23. The Hall–Kier alpha value is -3.22. The zero-order valence-corrected chi connectivity index (χ0v) is 14.0. The van der Waals surface area contributed by atoms with E-state index in [0.717, 1.165) is 0 Å². The molecule has 0 unspecified atom stereocenters. The van der Waals surface area contributed by atoms with E-state index < -0.39 is 0 Å². The molecule has 1 fully saturated rings. The Kier molecular flexibility index (Phi) is 5.26. The molecule has 26 heavy (non-hydrogen) atoms. The summed E-state index contributed by atoms with van der Waals surface area (Å²) in [6.07, 6.45) is 4.38. The second-order valence-electron chi connectivity index (χ2n) is 5.95. The van der Waals surface area contributed by atoms with Crippen LogP contribution < -0.4 is 5.56 Å². The number of carbonyl (C=O) groups excluding carboxylic acids is 2. The molecule has 0 aliphatic carbocycles. The third-order valence-electron chi connectivity index (χ3n) is 4.18. The number of rotatable bonds is 3. The van der Waals surface area contributed by atoms with Crippen LogP contribution in [-0.2, 0) is 4.79 Å². The summed E-state index contributed by atoms with van der Waals surface area (Å²) in [4.78, 5) is 41.5. The van der Waals surface area contributed by atoms with Crippen LogP contribution in [0.2, 0.25) is 0 Å². The molecule has 134 valence electrons. The molecule has 0 saturated carbocycles. The van der Waals surface area contributed by atoms with Crippen LogP contribution in [0.25, 0.3) is 6.08 Å². The average Bonchev–Trinajstić information content (AvgIpc) is 2.66. The summed E-state index contributed by atoms with van der Waals surface area (Å²) in [5.41, 5.74) is 0.766. The van der Waals surface area contributed by atoms with E-state index in [0.29, 0.717) is 37.3 Å². The van der Waals surface area contributed by atoms with Gasteiger partial charge in [-0.1, -0.05) is 12.1 Å². The average molecular weight is 355 g/mol. The van der Waals surface area contributed by atoms with E-state index in [1.807, 2.05) is 0 Å². The number of nitrogens with one attached hydrogen (secondary N) is 1. The Bertz CT molecular complexity index is 878. The molecule has 0 atom stereocenters. The number of aromatic nitrogens is 1. The largest absolute Gasteiger partial charge is 0.336 e. The Balaban J connectivity index is 1.56. The summed E-state index contributed by atoms with van der Waals surface area (Å²) >= 11 is 0. The van der Waals surface area contributed by atoms with Crippen molar-refractivity contribution in [1.82, 2.24) is 14.8 Å². The summed E-state index contributed by atoms with van der Waals surface area (Å²) in [7, 11) is 0. The van der Waals surface area contributed by atoms with Gasteiger partial charge >= 0.3 is 0 Å². The number of hydrogen-bond acceptors (Lipinski definition) is 3. The topological polar surface area (TPSA) is 73.5 Å². The van der Waals surface area contributed by atoms with Gasteiger partial charge in [0.25, 0.3) is 5.91 Å². The first-order valence-corrected chi connectivity index (χ1v) is 8.23. The fraction of sp³-hybridized carbons (Fsp3) is 0.211. The second kappa shape index (κ2) is 7.77. The zero-order valence-electron chi connectivity index (χ0n) is 14.0. The lowest BCUT2D eigenvalue weighted by molar-refractivity contribution is -0.127. The van der Waals surface area contributed by atoms with Crippen molar-refractivity contribution in [3.8, 4) is 0 Å². The van der Waals surface area contributed by atoms with Crippen molar-refractivity contribution in [2.75, 3.05) is 26.2 Å². The standard InChI is InChI=1S/C19H18FN3O3/c20-16-3-1-2-14(12-16)4-7-18(25)22-8-10-23(11-9-22)19(26)15-5-6-17(24)21-13-15/h1-7,12-13H,8-11H2,(H,21,24)/b7-4+. The molecule has 1 aromatic heterocycles. The van der Waals surface area contributed by atoms with E-state index in [1.165, 1.54) is 36.5 Å². The minimum absolute atomic E-state index is 0.176. The van der Waals surface area contributed by atoms with Gasteiger partial charge in [0, 0.05) is 44.5 Å². The smallest absolute Gasteiger partial charge is 0.255 e. The van der Waals surface area contributed by atoms with Gasteiger partial charge in [-0.2, -0.15) is 0 Å². The van der Waals surface area contributed by atoms with Gasteiger partial charge < -0.3 is 14.8 Å². The Morgan fingerprint density at radius 1 is 1.04 bits per heavy atom. The highest BCUT2D eigenvalue weighted by molar-refractivity contribution is 5.94. The van der Waals surface area contributed by atoms with Gasteiger partial charge in [0.05, 0.1) is 5.56 Å². The van der Waals surface area contributed by atoms with Crippen LogP contribution in [-0.4, -0.2) is 52.8 Å². The minimum Gasteiger partial charge on any atom is -0.336 e. The fourth-order valence-corrected chi connectivity index (χ4v) is 2.74. The molecule has 0 spiro atoms. The van der Waals surface area contributed by atoms with E-state index in [1.54, 1.807) is 28.0 Å².